The summed E-state index contributed by atoms with van der Waals surface area (Å²) < 4.78 is 0. The molecular weight excluding hydrogens is 253 g/mol. The van der Waals surface area contributed by atoms with Crippen molar-refractivity contribution in [2.45, 2.75) is 32.2 Å². The van der Waals surface area contributed by atoms with Gasteiger partial charge in [-0.2, -0.15) is 0 Å². The molecule has 0 bridgehead atoms. The predicted octanol–water partition coefficient (Wildman–Crippen LogP) is 4.48. The lowest BCUT2D eigenvalue weighted by atomic mass is 10.0. The van der Waals surface area contributed by atoms with E-state index in [2.05, 4.69) is 18.8 Å². The monoisotopic (exact) mass is 271 g/mol. The summed E-state index contributed by atoms with van der Waals surface area (Å²) in [6, 6.07) is 5.99. The quantitative estimate of drug-likeness (QED) is 0.721. The molecule has 0 aliphatic heterocycles. The van der Waals surface area contributed by atoms with E-state index in [9.17, 15) is 0 Å². The summed E-state index contributed by atoms with van der Waals surface area (Å²) in [5.41, 5.74) is 1.02. The molecule has 94 valence electrons. The first kappa shape index (κ1) is 14.6. The molecule has 0 aliphatic carbocycles. The maximum atomic E-state index is 6.17. The summed E-state index contributed by atoms with van der Waals surface area (Å²) in [6.45, 7) is 6.94. The van der Waals surface area contributed by atoms with Crippen LogP contribution in [0.1, 0.15) is 25.3 Å². The zero-order valence-electron chi connectivity index (χ0n) is 10.2. The molecule has 1 nitrogen and oxygen atoms in total. The average Bonchev–Trinajstić information content (AvgIpc) is 2.31. The van der Waals surface area contributed by atoms with E-state index in [1.165, 1.54) is 0 Å². The van der Waals surface area contributed by atoms with Gasteiger partial charge in [-0.05, 0) is 43.5 Å². The Hall–Kier alpha value is -0.500. The first-order valence-corrected chi connectivity index (χ1v) is 6.71. The molecule has 1 unspecified atom stereocenters. The Balaban J connectivity index is 2.74. The summed E-state index contributed by atoms with van der Waals surface area (Å²) in [5.74, 6) is 0. The predicted molar refractivity (Wildman–Crippen MR) is 77.1 cm³/mol. The molecule has 0 saturated carbocycles. The van der Waals surface area contributed by atoms with E-state index in [4.69, 9.17) is 23.2 Å². The second-order valence-electron chi connectivity index (χ2n) is 4.08. The molecule has 0 aromatic heterocycles. The zero-order valence-corrected chi connectivity index (χ0v) is 11.7. The van der Waals surface area contributed by atoms with Crippen LogP contribution in [0, 0.1) is 0 Å². The topological polar surface area (TPSA) is 12.0 Å². The number of rotatable bonds is 7. The van der Waals surface area contributed by atoms with Gasteiger partial charge in [0.15, 0.2) is 0 Å². The molecule has 1 rings (SSSR count). The minimum atomic E-state index is 0.352. The smallest absolute Gasteiger partial charge is 0.0453 e. The van der Waals surface area contributed by atoms with E-state index in [1.807, 2.05) is 24.3 Å². The van der Waals surface area contributed by atoms with Crippen LogP contribution in [0.25, 0.3) is 0 Å². The van der Waals surface area contributed by atoms with Crippen LogP contribution in [0.3, 0.4) is 0 Å². The Labute approximate surface area is 114 Å². The van der Waals surface area contributed by atoms with E-state index in [0.717, 1.165) is 41.4 Å². The second kappa shape index (κ2) is 7.75. The minimum Gasteiger partial charge on any atom is -0.313 e. The molecule has 0 spiro atoms. The Morgan fingerprint density at radius 1 is 1.35 bits per heavy atom. The summed E-state index contributed by atoms with van der Waals surface area (Å²) in [5, 5.41) is 4.97. The molecule has 1 atom stereocenters. The highest BCUT2D eigenvalue weighted by atomic mass is 35.5. The Bertz CT molecular complexity index is 343. The van der Waals surface area contributed by atoms with Gasteiger partial charge in [0.25, 0.3) is 0 Å². The highest BCUT2D eigenvalue weighted by molar-refractivity contribution is 6.35. The van der Waals surface area contributed by atoms with Gasteiger partial charge < -0.3 is 5.32 Å². The lowest BCUT2D eigenvalue weighted by molar-refractivity contribution is 0.512. The third kappa shape index (κ3) is 4.71. The van der Waals surface area contributed by atoms with Crippen molar-refractivity contribution in [3.8, 4) is 0 Å². The fourth-order valence-corrected chi connectivity index (χ4v) is 2.31. The molecule has 3 heteroatoms. The van der Waals surface area contributed by atoms with Crippen molar-refractivity contribution in [1.29, 1.82) is 0 Å². The van der Waals surface area contributed by atoms with E-state index in [-0.39, 0.29) is 0 Å². The van der Waals surface area contributed by atoms with Crippen LogP contribution >= 0.6 is 23.2 Å². The lowest BCUT2D eigenvalue weighted by Gasteiger charge is -2.18. The number of benzene rings is 1. The number of hydrogen-bond donors (Lipinski definition) is 1. The van der Waals surface area contributed by atoms with Crippen LogP contribution in [-0.2, 0) is 6.42 Å². The van der Waals surface area contributed by atoms with Crippen molar-refractivity contribution in [1.82, 2.24) is 5.32 Å². The summed E-state index contributed by atoms with van der Waals surface area (Å²) >= 11 is 12.3. The van der Waals surface area contributed by atoms with Crippen LogP contribution in [-0.4, -0.2) is 12.6 Å². The Morgan fingerprint density at radius 2 is 2.00 bits per heavy atom. The van der Waals surface area contributed by atoms with Gasteiger partial charge in [-0.1, -0.05) is 42.3 Å². The van der Waals surface area contributed by atoms with Crippen LogP contribution in [0.5, 0.6) is 0 Å². The molecule has 1 aromatic carbocycles. The van der Waals surface area contributed by atoms with Gasteiger partial charge in [0, 0.05) is 16.1 Å². The summed E-state index contributed by atoms with van der Waals surface area (Å²) in [4.78, 5) is 0. The van der Waals surface area contributed by atoms with Crippen LogP contribution in [0.4, 0.5) is 0 Å². The third-order valence-electron chi connectivity index (χ3n) is 2.65. The maximum Gasteiger partial charge on any atom is 0.0453 e. The Kier molecular flexibility index (Phi) is 6.64. The average molecular weight is 272 g/mol. The van der Waals surface area contributed by atoms with E-state index < -0.39 is 0 Å². The van der Waals surface area contributed by atoms with E-state index >= 15 is 0 Å². The largest absolute Gasteiger partial charge is 0.313 e. The minimum absolute atomic E-state index is 0.352. The lowest BCUT2D eigenvalue weighted by Crippen LogP contribution is -2.31. The number of halogens is 2. The van der Waals surface area contributed by atoms with Gasteiger partial charge in [0.2, 0.25) is 0 Å². The molecule has 0 fully saturated rings. The van der Waals surface area contributed by atoms with Crippen LogP contribution in [0.15, 0.2) is 30.9 Å². The standard InChI is InChI=1S/C14H19Cl2N/c1-3-6-11(17-9-4-2)10-12-13(15)7-5-8-14(12)16/h3,5,7-8,11,17H,1,4,6,9-10H2,2H3. The highest BCUT2D eigenvalue weighted by Crippen LogP contribution is 2.26. The van der Waals surface area contributed by atoms with Gasteiger partial charge in [-0.3, -0.25) is 0 Å². The van der Waals surface area contributed by atoms with Gasteiger partial charge in [0.1, 0.15) is 0 Å². The van der Waals surface area contributed by atoms with Crippen molar-refractivity contribution < 1.29 is 0 Å². The summed E-state index contributed by atoms with van der Waals surface area (Å²) in [7, 11) is 0. The first-order valence-electron chi connectivity index (χ1n) is 5.96. The van der Waals surface area contributed by atoms with Gasteiger partial charge in [0.05, 0.1) is 0 Å². The van der Waals surface area contributed by atoms with Crippen LogP contribution in [0.2, 0.25) is 10.0 Å². The van der Waals surface area contributed by atoms with Crippen LogP contribution < -0.4 is 5.32 Å². The van der Waals surface area contributed by atoms with Crippen molar-refractivity contribution in [2.75, 3.05) is 6.54 Å². The second-order valence-corrected chi connectivity index (χ2v) is 4.89. The molecule has 0 radical (unpaired) electrons. The molecule has 0 saturated heterocycles. The SMILES string of the molecule is C=CCC(Cc1c(Cl)cccc1Cl)NCCC. The molecule has 0 amide bonds. The Morgan fingerprint density at radius 3 is 2.53 bits per heavy atom. The van der Waals surface area contributed by atoms with Crippen molar-refractivity contribution in [2.24, 2.45) is 0 Å². The molecule has 17 heavy (non-hydrogen) atoms. The van der Waals surface area contributed by atoms with Gasteiger partial charge >= 0.3 is 0 Å². The molecular formula is C14H19Cl2N. The third-order valence-corrected chi connectivity index (χ3v) is 3.35. The van der Waals surface area contributed by atoms with E-state index in [0.29, 0.717) is 6.04 Å². The van der Waals surface area contributed by atoms with Gasteiger partial charge in [-0.15, -0.1) is 6.58 Å². The number of hydrogen-bond acceptors (Lipinski definition) is 1. The zero-order chi connectivity index (χ0) is 12.7. The highest BCUT2D eigenvalue weighted by Gasteiger charge is 2.12. The maximum absolute atomic E-state index is 6.17. The summed E-state index contributed by atoms with van der Waals surface area (Å²) in [6.07, 6.45) is 4.80. The molecule has 1 N–H and O–H groups in total. The molecule has 0 heterocycles. The van der Waals surface area contributed by atoms with Crippen molar-refractivity contribution >= 4 is 23.2 Å². The normalized spacial score (nSPS) is 12.4. The van der Waals surface area contributed by atoms with E-state index in [1.54, 1.807) is 0 Å². The molecule has 0 aliphatic rings. The fraction of sp³-hybridized carbons (Fsp3) is 0.429. The van der Waals surface area contributed by atoms with Crippen molar-refractivity contribution in [3.63, 3.8) is 0 Å². The first-order chi connectivity index (χ1) is 8.19. The van der Waals surface area contributed by atoms with Gasteiger partial charge in [-0.25, -0.2) is 0 Å². The molecule has 1 aromatic rings. The van der Waals surface area contributed by atoms with Crippen molar-refractivity contribution in [3.05, 3.63) is 46.5 Å². The fourth-order valence-electron chi connectivity index (χ4n) is 1.76. The number of nitrogens with one attached hydrogen (secondary N) is 1.